The molecule has 2 aromatic rings. The quantitative estimate of drug-likeness (QED) is 0.774. The molecule has 0 radical (unpaired) electrons. The molecule has 2 unspecified atom stereocenters. The molecule has 2 heteroatoms. The van der Waals surface area contributed by atoms with Crippen molar-refractivity contribution in [2.24, 2.45) is 0 Å². The standard InChI is InChI=1S/C19H25NS/c1-4-16(18-10-7-13-21-18)20-17-11-12-19(2,3)15-9-6-5-8-14(15)17/h5-10,13,16-17,20H,4,11-12H2,1-3H3. The van der Waals surface area contributed by atoms with Crippen LogP contribution < -0.4 is 5.32 Å². The summed E-state index contributed by atoms with van der Waals surface area (Å²) in [6, 6.07) is 14.4. The molecule has 0 amide bonds. The second kappa shape index (κ2) is 5.94. The van der Waals surface area contributed by atoms with Crippen molar-refractivity contribution in [2.45, 2.75) is 57.5 Å². The molecule has 0 spiro atoms. The Balaban J connectivity index is 1.87. The molecule has 3 rings (SSSR count). The molecule has 0 aliphatic heterocycles. The van der Waals surface area contributed by atoms with Crippen LogP contribution in [-0.2, 0) is 5.41 Å². The second-order valence-corrected chi connectivity index (χ2v) is 7.68. The van der Waals surface area contributed by atoms with Crippen LogP contribution in [0.4, 0.5) is 0 Å². The van der Waals surface area contributed by atoms with Gasteiger partial charge < -0.3 is 5.32 Å². The molecule has 1 aromatic heterocycles. The summed E-state index contributed by atoms with van der Waals surface area (Å²) >= 11 is 1.86. The third-order valence-corrected chi connectivity index (χ3v) is 5.81. The maximum atomic E-state index is 3.91. The van der Waals surface area contributed by atoms with Gasteiger partial charge in [0.15, 0.2) is 0 Å². The molecule has 112 valence electrons. The van der Waals surface area contributed by atoms with E-state index in [0.717, 1.165) is 6.42 Å². The Hall–Kier alpha value is -1.12. The van der Waals surface area contributed by atoms with E-state index < -0.39 is 0 Å². The lowest BCUT2D eigenvalue weighted by molar-refractivity contribution is 0.332. The van der Waals surface area contributed by atoms with E-state index in [1.807, 2.05) is 11.3 Å². The van der Waals surface area contributed by atoms with E-state index in [2.05, 4.69) is 67.9 Å². The maximum Gasteiger partial charge on any atom is 0.0417 e. The number of fused-ring (bicyclic) bond motifs is 1. The maximum absolute atomic E-state index is 3.91. The first-order valence-electron chi connectivity index (χ1n) is 8.00. The number of hydrogen-bond donors (Lipinski definition) is 1. The largest absolute Gasteiger partial charge is 0.302 e. The lowest BCUT2D eigenvalue weighted by Gasteiger charge is -2.38. The molecule has 2 atom stereocenters. The van der Waals surface area contributed by atoms with Crippen LogP contribution in [0.3, 0.4) is 0 Å². The lowest BCUT2D eigenvalue weighted by Crippen LogP contribution is -2.34. The molecule has 1 aliphatic rings. The van der Waals surface area contributed by atoms with Gasteiger partial charge in [-0.1, -0.05) is 51.1 Å². The molecular formula is C19H25NS. The predicted molar refractivity (Wildman–Crippen MR) is 91.9 cm³/mol. The highest BCUT2D eigenvalue weighted by molar-refractivity contribution is 7.10. The Labute approximate surface area is 132 Å². The summed E-state index contributed by atoms with van der Waals surface area (Å²) in [4.78, 5) is 1.46. The highest BCUT2D eigenvalue weighted by Crippen LogP contribution is 2.42. The zero-order valence-corrected chi connectivity index (χ0v) is 14.0. The van der Waals surface area contributed by atoms with Gasteiger partial charge in [-0.05, 0) is 47.3 Å². The van der Waals surface area contributed by atoms with Gasteiger partial charge in [0.05, 0.1) is 0 Å². The van der Waals surface area contributed by atoms with Crippen LogP contribution in [0, 0.1) is 0 Å². The van der Waals surface area contributed by atoms with E-state index in [1.165, 1.54) is 28.8 Å². The fourth-order valence-corrected chi connectivity index (χ4v) is 4.39. The Kier molecular flexibility index (Phi) is 4.19. The van der Waals surface area contributed by atoms with Gasteiger partial charge in [-0.2, -0.15) is 0 Å². The average Bonchev–Trinajstić information content (AvgIpc) is 3.01. The van der Waals surface area contributed by atoms with Crippen LogP contribution in [0.2, 0.25) is 0 Å². The van der Waals surface area contributed by atoms with Crippen molar-refractivity contribution in [1.82, 2.24) is 5.32 Å². The van der Waals surface area contributed by atoms with Gasteiger partial charge >= 0.3 is 0 Å². The first kappa shape index (κ1) is 14.8. The minimum Gasteiger partial charge on any atom is -0.302 e. The third-order valence-electron chi connectivity index (χ3n) is 4.82. The normalized spacial score (nSPS) is 21.8. The number of rotatable bonds is 4. The number of thiophene rings is 1. The Morgan fingerprint density at radius 3 is 2.76 bits per heavy atom. The number of hydrogen-bond acceptors (Lipinski definition) is 2. The molecule has 0 fully saturated rings. The van der Waals surface area contributed by atoms with Crippen molar-refractivity contribution in [3.8, 4) is 0 Å². The Morgan fingerprint density at radius 1 is 1.24 bits per heavy atom. The van der Waals surface area contributed by atoms with Crippen LogP contribution in [0.15, 0.2) is 41.8 Å². The SMILES string of the molecule is CCC(NC1CCC(C)(C)c2ccccc21)c1cccs1. The summed E-state index contributed by atoms with van der Waals surface area (Å²) < 4.78 is 0. The van der Waals surface area contributed by atoms with Crippen LogP contribution in [0.1, 0.15) is 68.1 Å². The summed E-state index contributed by atoms with van der Waals surface area (Å²) in [5, 5.41) is 6.09. The summed E-state index contributed by atoms with van der Waals surface area (Å²) in [6.45, 7) is 7.02. The molecule has 1 nitrogen and oxygen atoms in total. The van der Waals surface area contributed by atoms with Gasteiger partial charge in [-0.3, -0.25) is 0 Å². The smallest absolute Gasteiger partial charge is 0.0417 e. The van der Waals surface area contributed by atoms with Gasteiger partial charge in [0.2, 0.25) is 0 Å². The van der Waals surface area contributed by atoms with Crippen molar-refractivity contribution >= 4 is 11.3 Å². The van der Waals surface area contributed by atoms with E-state index >= 15 is 0 Å². The van der Waals surface area contributed by atoms with Gasteiger partial charge in [0, 0.05) is 17.0 Å². The molecule has 21 heavy (non-hydrogen) atoms. The highest BCUT2D eigenvalue weighted by atomic mass is 32.1. The lowest BCUT2D eigenvalue weighted by atomic mass is 9.71. The average molecular weight is 299 g/mol. The minimum absolute atomic E-state index is 0.305. The topological polar surface area (TPSA) is 12.0 Å². The van der Waals surface area contributed by atoms with Crippen LogP contribution in [0.25, 0.3) is 0 Å². The van der Waals surface area contributed by atoms with Gasteiger partial charge in [-0.25, -0.2) is 0 Å². The summed E-state index contributed by atoms with van der Waals surface area (Å²) in [6.07, 6.45) is 3.62. The first-order valence-corrected chi connectivity index (χ1v) is 8.88. The monoisotopic (exact) mass is 299 g/mol. The van der Waals surface area contributed by atoms with E-state index in [1.54, 1.807) is 0 Å². The van der Waals surface area contributed by atoms with E-state index in [0.29, 0.717) is 17.5 Å². The minimum atomic E-state index is 0.305. The molecule has 0 saturated carbocycles. The number of benzene rings is 1. The van der Waals surface area contributed by atoms with Crippen LogP contribution >= 0.6 is 11.3 Å². The van der Waals surface area contributed by atoms with Crippen LogP contribution in [-0.4, -0.2) is 0 Å². The zero-order valence-electron chi connectivity index (χ0n) is 13.2. The highest BCUT2D eigenvalue weighted by Gasteiger charge is 2.33. The van der Waals surface area contributed by atoms with Crippen molar-refractivity contribution in [2.75, 3.05) is 0 Å². The molecule has 0 saturated heterocycles. The van der Waals surface area contributed by atoms with Gasteiger partial charge in [0.1, 0.15) is 0 Å². The predicted octanol–water partition coefficient (Wildman–Crippen LogP) is 5.60. The fourth-order valence-electron chi connectivity index (χ4n) is 3.52. The van der Waals surface area contributed by atoms with Crippen molar-refractivity contribution < 1.29 is 0 Å². The molecule has 1 heterocycles. The summed E-state index contributed by atoms with van der Waals surface area (Å²) in [5.41, 5.74) is 3.33. The van der Waals surface area contributed by atoms with Crippen LogP contribution in [0.5, 0.6) is 0 Å². The molecule has 1 aliphatic carbocycles. The first-order chi connectivity index (χ1) is 10.1. The summed E-state index contributed by atoms with van der Waals surface area (Å²) in [5.74, 6) is 0. The molecule has 1 aromatic carbocycles. The van der Waals surface area contributed by atoms with Gasteiger partial charge in [-0.15, -0.1) is 11.3 Å². The van der Waals surface area contributed by atoms with E-state index in [4.69, 9.17) is 0 Å². The Morgan fingerprint density at radius 2 is 2.05 bits per heavy atom. The molecular weight excluding hydrogens is 274 g/mol. The zero-order chi connectivity index (χ0) is 14.9. The third kappa shape index (κ3) is 2.93. The van der Waals surface area contributed by atoms with Crippen molar-refractivity contribution in [1.29, 1.82) is 0 Å². The Bertz CT molecular complexity index is 585. The van der Waals surface area contributed by atoms with Crippen molar-refractivity contribution in [3.05, 3.63) is 57.8 Å². The fraction of sp³-hybridized carbons (Fsp3) is 0.474. The number of nitrogens with one attached hydrogen (secondary N) is 1. The molecule has 1 N–H and O–H groups in total. The van der Waals surface area contributed by atoms with Crippen molar-refractivity contribution in [3.63, 3.8) is 0 Å². The van der Waals surface area contributed by atoms with E-state index in [-0.39, 0.29) is 0 Å². The second-order valence-electron chi connectivity index (χ2n) is 6.71. The van der Waals surface area contributed by atoms with Gasteiger partial charge in [0.25, 0.3) is 0 Å². The summed E-state index contributed by atoms with van der Waals surface area (Å²) in [7, 11) is 0. The van der Waals surface area contributed by atoms with E-state index in [9.17, 15) is 0 Å². The molecule has 0 bridgehead atoms.